The number of hydrogen-bond acceptors (Lipinski definition) is 4. The van der Waals surface area contributed by atoms with Gasteiger partial charge in [-0.05, 0) is 42.9 Å². The summed E-state index contributed by atoms with van der Waals surface area (Å²) in [6, 6.07) is 7.73. The van der Waals surface area contributed by atoms with E-state index in [1.807, 2.05) is 31.2 Å². The van der Waals surface area contributed by atoms with Gasteiger partial charge in [0.15, 0.2) is 0 Å². The number of aromatic nitrogens is 2. The van der Waals surface area contributed by atoms with Crippen molar-refractivity contribution in [2.45, 2.75) is 25.3 Å². The van der Waals surface area contributed by atoms with Crippen LogP contribution in [0.4, 0.5) is 0 Å². The van der Waals surface area contributed by atoms with Gasteiger partial charge in [-0.1, -0.05) is 18.2 Å². The first-order valence-electron chi connectivity index (χ1n) is 7.76. The summed E-state index contributed by atoms with van der Waals surface area (Å²) in [7, 11) is 0. The third-order valence-corrected chi connectivity index (χ3v) is 5.30. The van der Waals surface area contributed by atoms with Crippen LogP contribution in [-0.2, 0) is 4.79 Å². The molecule has 0 unspecified atom stereocenters. The summed E-state index contributed by atoms with van der Waals surface area (Å²) in [6.45, 7) is 1.97. The predicted octanol–water partition coefficient (Wildman–Crippen LogP) is 2.26. The fourth-order valence-electron chi connectivity index (χ4n) is 2.79. The molecule has 1 aromatic heterocycles. The van der Waals surface area contributed by atoms with Gasteiger partial charge in [-0.2, -0.15) is 16.9 Å². The zero-order valence-electron chi connectivity index (χ0n) is 13.4. The number of carbonyl (C=O) groups is 2. The second-order valence-electron chi connectivity index (χ2n) is 5.91. The lowest BCUT2D eigenvalue weighted by atomic mass is 9.92. The summed E-state index contributed by atoms with van der Waals surface area (Å²) >= 11 is 1.71. The molecule has 2 aromatic rings. The Bertz CT molecular complexity index is 766. The molecule has 0 spiro atoms. The highest BCUT2D eigenvalue weighted by molar-refractivity contribution is 7.99. The molecule has 1 saturated heterocycles. The van der Waals surface area contributed by atoms with E-state index in [0.29, 0.717) is 18.4 Å². The smallest absolute Gasteiger partial charge is 0.329 e. The maximum Gasteiger partial charge on any atom is 0.329 e. The molecule has 1 fully saturated rings. The van der Waals surface area contributed by atoms with Gasteiger partial charge in [-0.3, -0.25) is 4.79 Å². The van der Waals surface area contributed by atoms with Crippen LogP contribution in [0.15, 0.2) is 36.7 Å². The summed E-state index contributed by atoms with van der Waals surface area (Å²) in [5, 5.41) is 16.5. The highest BCUT2D eigenvalue weighted by atomic mass is 32.2. The molecule has 1 amide bonds. The maximum absolute atomic E-state index is 12.5. The number of carboxylic acids is 1. The molecule has 1 aliphatic heterocycles. The number of thioether (sulfide) groups is 1. The Hall–Kier alpha value is -2.28. The molecule has 126 valence electrons. The molecule has 1 aliphatic rings. The van der Waals surface area contributed by atoms with Crippen molar-refractivity contribution < 1.29 is 14.7 Å². The Kier molecular flexibility index (Phi) is 4.62. The van der Waals surface area contributed by atoms with Crippen LogP contribution in [0.5, 0.6) is 0 Å². The fraction of sp³-hybridized carbons (Fsp3) is 0.353. The number of amides is 1. The van der Waals surface area contributed by atoms with Crippen LogP contribution in [0, 0.1) is 6.92 Å². The van der Waals surface area contributed by atoms with Crippen LogP contribution < -0.4 is 5.32 Å². The maximum atomic E-state index is 12.5. The summed E-state index contributed by atoms with van der Waals surface area (Å²) in [5.41, 5.74) is 1.11. The average molecular weight is 345 g/mol. The van der Waals surface area contributed by atoms with Gasteiger partial charge >= 0.3 is 5.97 Å². The third-order valence-electron chi connectivity index (χ3n) is 4.32. The molecule has 6 nitrogen and oxygen atoms in total. The topological polar surface area (TPSA) is 84.2 Å². The Labute approximate surface area is 144 Å². The minimum absolute atomic E-state index is 0.358. The molecule has 0 radical (unpaired) electrons. The van der Waals surface area contributed by atoms with Crippen molar-refractivity contribution >= 4 is 23.6 Å². The van der Waals surface area contributed by atoms with E-state index in [-0.39, 0.29) is 0 Å². The summed E-state index contributed by atoms with van der Waals surface area (Å²) in [4.78, 5) is 24.2. The van der Waals surface area contributed by atoms with E-state index in [1.54, 1.807) is 22.6 Å². The number of hydrogen-bond donors (Lipinski definition) is 2. The number of nitrogens with zero attached hydrogens (tertiary/aromatic N) is 2. The number of benzene rings is 1. The lowest BCUT2D eigenvalue weighted by Gasteiger charge is -2.33. The number of carboxylic acid groups (broad SMARTS) is 1. The van der Waals surface area contributed by atoms with Crippen molar-refractivity contribution in [1.82, 2.24) is 15.1 Å². The van der Waals surface area contributed by atoms with Gasteiger partial charge in [-0.15, -0.1) is 0 Å². The summed E-state index contributed by atoms with van der Waals surface area (Å²) in [6.07, 6.45) is 3.97. The number of aryl methyl sites for hydroxylation is 1. The van der Waals surface area contributed by atoms with Crippen molar-refractivity contribution in [1.29, 1.82) is 0 Å². The van der Waals surface area contributed by atoms with Gasteiger partial charge in [0, 0.05) is 6.20 Å². The van der Waals surface area contributed by atoms with Crippen molar-refractivity contribution in [3.05, 3.63) is 47.8 Å². The second kappa shape index (κ2) is 6.68. The first kappa shape index (κ1) is 16.6. The van der Waals surface area contributed by atoms with E-state index >= 15 is 0 Å². The molecule has 1 aromatic carbocycles. The van der Waals surface area contributed by atoms with Crippen LogP contribution in [0.1, 0.15) is 28.8 Å². The minimum Gasteiger partial charge on any atom is -0.480 e. The molecular weight excluding hydrogens is 326 g/mol. The van der Waals surface area contributed by atoms with Crippen LogP contribution in [-0.4, -0.2) is 43.8 Å². The summed E-state index contributed by atoms with van der Waals surface area (Å²) in [5.74, 6) is 0.0935. The van der Waals surface area contributed by atoms with Crippen LogP contribution in [0.2, 0.25) is 0 Å². The number of carbonyl (C=O) groups excluding carboxylic acids is 1. The fourth-order valence-corrected chi connectivity index (χ4v) is 3.98. The zero-order chi connectivity index (χ0) is 17.2. The van der Waals surface area contributed by atoms with Gasteiger partial charge in [-0.25, -0.2) is 9.48 Å². The Balaban J connectivity index is 1.81. The number of aliphatic carboxylic acids is 1. The molecule has 0 bridgehead atoms. The first-order valence-corrected chi connectivity index (χ1v) is 8.92. The highest BCUT2D eigenvalue weighted by Crippen LogP contribution is 2.28. The Morgan fingerprint density at radius 1 is 1.29 bits per heavy atom. The van der Waals surface area contributed by atoms with Crippen LogP contribution in [0.25, 0.3) is 5.69 Å². The zero-order valence-corrected chi connectivity index (χ0v) is 14.2. The van der Waals surface area contributed by atoms with Crippen molar-refractivity contribution in [2.24, 2.45) is 0 Å². The molecule has 0 atom stereocenters. The van der Waals surface area contributed by atoms with Crippen LogP contribution >= 0.6 is 11.8 Å². The monoisotopic (exact) mass is 345 g/mol. The van der Waals surface area contributed by atoms with Gasteiger partial charge in [0.1, 0.15) is 5.54 Å². The molecular formula is C17H19N3O3S. The van der Waals surface area contributed by atoms with E-state index in [0.717, 1.165) is 22.8 Å². The van der Waals surface area contributed by atoms with Crippen molar-refractivity contribution in [2.75, 3.05) is 11.5 Å². The number of rotatable bonds is 4. The average Bonchev–Trinajstić information content (AvgIpc) is 3.06. The van der Waals surface area contributed by atoms with Crippen molar-refractivity contribution in [3.8, 4) is 5.69 Å². The number of nitrogens with one attached hydrogen (secondary N) is 1. The number of para-hydroxylation sites is 1. The molecule has 0 saturated carbocycles. The lowest BCUT2D eigenvalue weighted by Crippen LogP contribution is -2.56. The molecule has 24 heavy (non-hydrogen) atoms. The van der Waals surface area contributed by atoms with Gasteiger partial charge in [0.05, 0.1) is 17.4 Å². The molecule has 7 heteroatoms. The lowest BCUT2D eigenvalue weighted by molar-refractivity contribution is -0.144. The normalized spacial score (nSPS) is 16.5. The van der Waals surface area contributed by atoms with Gasteiger partial charge in [0.25, 0.3) is 5.91 Å². The Morgan fingerprint density at radius 2 is 2.00 bits per heavy atom. The predicted molar refractivity (Wildman–Crippen MR) is 92.7 cm³/mol. The molecule has 2 heterocycles. The van der Waals surface area contributed by atoms with Gasteiger partial charge < -0.3 is 10.4 Å². The van der Waals surface area contributed by atoms with Crippen molar-refractivity contribution in [3.63, 3.8) is 0 Å². The first-order chi connectivity index (χ1) is 11.5. The van der Waals surface area contributed by atoms with E-state index in [4.69, 9.17) is 0 Å². The third kappa shape index (κ3) is 3.17. The van der Waals surface area contributed by atoms with Gasteiger partial charge in [0.2, 0.25) is 0 Å². The molecule has 2 N–H and O–H groups in total. The second-order valence-corrected chi connectivity index (χ2v) is 7.14. The molecule has 3 rings (SSSR count). The Morgan fingerprint density at radius 3 is 2.67 bits per heavy atom. The largest absolute Gasteiger partial charge is 0.480 e. The highest BCUT2D eigenvalue weighted by Gasteiger charge is 2.41. The SMILES string of the molecule is Cc1ccccc1-n1cc(C(=O)NC2(C(=O)O)CCSCC2)cn1. The van der Waals surface area contributed by atoms with E-state index < -0.39 is 17.4 Å². The quantitative estimate of drug-likeness (QED) is 0.888. The summed E-state index contributed by atoms with van der Waals surface area (Å²) < 4.78 is 1.63. The van der Waals surface area contributed by atoms with Crippen LogP contribution in [0.3, 0.4) is 0 Å². The standard InChI is InChI=1S/C17H19N3O3S/c1-12-4-2-3-5-14(12)20-11-13(10-18-20)15(21)19-17(16(22)23)6-8-24-9-7-17/h2-5,10-11H,6-9H2,1H3,(H,19,21)(H,22,23). The minimum atomic E-state index is -1.17. The molecule has 0 aliphatic carbocycles. The van der Waals surface area contributed by atoms with E-state index in [2.05, 4.69) is 10.4 Å². The van der Waals surface area contributed by atoms with E-state index in [9.17, 15) is 14.7 Å². The van der Waals surface area contributed by atoms with E-state index in [1.165, 1.54) is 6.20 Å².